The van der Waals surface area contributed by atoms with Crippen molar-refractivity contribution in [2.45, 2.75) is 32.7 Å². The molecule has 70 valence electrons. The summed E-state index contributed by atoms with van der Waals surface area (Å²) in [6, 6.07) is 0. The first-order valence-electron chi connectivity index (χ1n) is 4.49. The van der Waals surface area contributed by atoms with Crippen molar-refractivity contribution in [1.29, 1.82) is 0 Å². The Hall–Kier alpha value is -1.32. The third-order valence-electron chi connectivity index (χ3n) is 2.56. The van der Waals surface area contributed by atoms with Crippen LogP contribution in [-0.2, 0) is 13.0 Å². The van der Waals surface area contributed by atoms with Gasteiger partial charge in [0.05, 0.1) is 0 Å². The van der Waals surface area contributed by atoms with Gasteiger partial charge in [0.1, 0.15) is 0 Å². The lowest BCUT2D eigenvalue weighted by molar-refractivity contribution is 0.0688. The van der Waals surface area contributed by atoms with Crippen LogP contribution < -0.4 is 0 Å². The summed E-state index contributed by atoms with van der Waals surface area (Å²) in [7, 11) is 0. The fraction of sp³-hybridized carbons (Fsp3) is 0.556. The van der Waals surface area contributed by atoms with Crippen LogP contribution in [0.5, 0.6) is 0 Å². The fourth-order valence-electron chi connectivity index (χ4n) is 1.85. The lowest BCUT2D eigenvalue weighted by Crippen LogP contribution is -2.11. The number of carbonyl (C=O) groups is 1. The number of hydrogen-bond acceptors (Lipinski definition) is 2. The Balaban J connectivity index is 2.50. The lowest BCUT2D eigenvalue weighted by atomic mass is 10.1. The maximum atomic E-state index is 10.8. The molecular weight excluding hydrogens is 168 g/mol. The largest absolute Gasteiger partial charge is 0.476 e. The second kappa shape index (κ2) is 2.87. The van der Waals surface area contributed by atoms with Crippen LogP contribution in [0, 0.1) is 6.92 Å². The molecule has 0 spiro atoms. The van der Waals surface area contributed by atoms with Crippen LogP contribution in [0.1, 0.15) is 34.6 Å². The quantitative estimate of drug-likeness (QED) is 0.707. The Labute approximate surface area is 76.2 Å². The van der Waals surface area contributed by atoms with Crippen molar-refractivity contribution in [2.24, 2.45) is 0 Å². The predicted octanol–water partition coefficient (Wildman–Crippen LogP) is 1.23. The number of carboxylic acids is 1. The van der Waals surface area contributed by atoms with E-state index in [0.717, 1.165) is 37.1 Å². The van der Waals surface area contributed by atoms with Crippen molar-refractivity contribution in [2.75, 3.05) is 0 Å². The van der Waals surface area contributed by atoms with Gasteiger partial charge in [-0.1, -0.05) is 0 Å². The average Bonchev–Trinajstić information content (AvgIpc) is 2.45. The Bertz CT molecular complexity index is 355. The summed E-state index contributed by atoms with van der Waals surface area (Å²) >= 11 is 0. The SMILES string of the molecule is Cc1c(C(=O)O)nn2c1CCCC2. The van der Waals surface area contributed by atoms with Gasteiger partial charge in [-0.15, -0.1) is 0 Å². The molecule has 0 aromatic carbocycles. The minimum Gasteiger partial charge on any atom is -0.476 e. The van der Waals surface area contributed by atoms with Crippen LogP contribution >= 0.6 is 0 Å². The lowest BCUT2D eigenvalue weighted by Gasteiger charge is -2.13. The van der Waals surface area contributed by atoms with Crippen LogP contribution in [-0.4, -0.2) is 20.9 Å². The molecule has 2 heterocycles. The molecule has 0 saturated carbocycles. The minimum absolute atomic E-state index is 0.219. The second-order valence-electron chi connectivity index (χ2n) is 3.41. The van der Waals surface area contributed by atoms with Crippen molar-refractivity contribution in [3.63, 3.8) is 0 Å². The van der Waals surface area contributed by atoms with Crippen molar-refractivity contribution >= 4 is 5.97 Å². The molecule has 0 bridgehead atoms. The number of fused-ring (bicyclic) bond motifs is 1. The number of nitrogens with zero attached hydrogens (tertiary/aromatic N) is 2. The summed E-state index contributed by atoms with van der Waals surface area (Å²) in [5, 5.41) is 12.9. The number of aryl methyl sites for hydroxylation is 1. The Kier molecular flexibility index (Phi) is 1.83. The summed E-state index contributed by atoms with van der Waals surface area (Å²) in [4.78, 5) is 10.8. The van der Waals surface area contributed by atoms with E-state index >= 15 is 0 Å². The first-order valence-corrected chi connectivity index (χ1v) is 4.49. The van der Waals surface area contributed by atoms with Crippen LogP contribution in [0.2, 0.25) is 0 Å². The van der Waals surface area contributed by atoms with E-state index in [-0.39, 0.29) is 5.69 Å². The smallest absolute Gasteiger partial charge is 0.356 e. The standard InChI is InChI=1S/C9H12N2O2/c1-6-7-4-2-3-5-11(7)10-8(6)9(12)13/h2-5H2,1H3,(H,12,13). The van der Waals surface area contributed by atoms with Crippen molar-refractivity contribution in [1.82, 2.24) is 9.78 Å². The van der Waals surface area contributed by atoms with Gasteiger partial charge in [-0.25, -0.2) is 4.79 Å². The summed E-state index contributed by atoms with van der Waals surface area (Å²) in [5.74, 6) is -0.917. The topological polar surface area (TPSA) is 55.1 Å². The maximum absolute atomic E-state index is 10.8. The summed E-state index contributed by atoms with van der Waals surface area (Å²) < 4.78 is 1.84. The number of aromatic nitrogens is 2. The highest BCUT2D eigenvalue weighted by molar-refractivity contribution is 5.87. The summed E-state index contributed by atoms with van der Waals surface area (Å²) in [6.45, 7) is 2.71. The van der Waals surface area contributed by atoms with Crippen molar-refractivity contribution < 1.29 is 9.90 Å². The molecule has 0 unspecified atom stereocenters. The zero-order valence-electron chi connectivity index (χ0n) is 7.58. The van der Waals surface area contributed by atoms with Crippen molar-refractivity contribution in [3.05, 3.63) is 17.0 Å². The molecule has 1 N–H and O–H groups in total. The molecular formula is C9H12N2O2. The maximum Gasteiger partial charge on any atom is 0.356 e. The molecule has 2 rings (SSSR count). The molecule has 1 aromatic heterocycles. The van der Waals surface area contributed by atoms with Gasteiger partial charge in [-0.2, -0.15) is 5.10 Å². The van der Waals surface area contributed by atoms with E-state index in [2.05, 4.69) is 5.10 Å². The zero-order valence-corrected chi connectivity index (χ0v) is 7.58. The molecule has 0 saturated heterocycles. The average molecular weight is 180 g/mol. The normalized spacial score (nSPS) is 15.5. The van der Waals surface area contributed by atoms with Crippen LogP contribution in [0.25, 0.3) is 0 Å². The Morgan fingerprint density at radius 1 is 1.54 bits per heavy atom. The van der Waals surface area contributed by atoms with Gasteiger partial charge in [-0.05, 0) is 26.2 Å². The van der Waals surface area contributed by atoms with Crippen LogP contribution in [0.15, 0.2) is 0 Å². The van der Waals surface area contributed by atoms with Gasteiger partial charge in [0.15, 0.2) is 5.69 Å². The molecule has 1 aromatic rings. The first kappa shape index (κ1) is 8.29. The molecule has 0 atom stereocenters. The van der Waals surface area contributed by atoms with Crippen LogP contribution in [0.3, 0.4) is 0 Å². The minimum atomic E-state index is -0.917. The third-order valence-corrected chi connectivity index (χ3v) is 2.56. The molecule has 1 aliphatic rings. The summed E-state index contributed by atoms with van der Waals surface area (Å²) in [5.41, 5.74) is 2.16. The monoisotopic (exact) mass is 180 g/mol. The van der Waals surface area contributed by atoms with Gasteiger partial charge < -0.3 is 5.11 Å². The Morgan fingerprint density at radius 3 is 2.92 bits per heavy atom. The molecule has 0 aliphatic carbocycles. The zero-order chi connectivity index (χ0) is 9.42. The third kappa shape index (κ3) is 1.22. The first-order chi connectivity index (χ1) is 6.20. The fourth-order valence-corrected chi connectivity index (χ4v) is 1.85. The number of carboxylic acid groups (broad SMARTS) is 1. The number of rotatable bonds is 1. The van der Waals surface area contributed by atoms with E-state index in [1.165, 1.54) is 0 Å². The van der Waals surface area contributed by atoms with E-state index < -0.39 is 5.97 Å². The van der Waals surface area contributed by atoms with Crippen LogP contribution in [0.4, 0.5) is 0 Å². The molecule has 0 amide bonds. The number of hydrogen-bond donors (Lipinski definition) is 1. The second-order valence-corrected chi connectivity index (χ2v) is 3.41. The molecule has 1 aliphatic heterocycles. The van der Waals surface area contributed by atoms with E-state index in [1.807, 2.05) is 11.6 Å². The van der Waals surface area contributed by atoms with E-state index in [0.29, 0.717) is 0 Å². The van der Waals surface area contributed by atoms with E-state index in [4.69, 9.17) is 5.11 Å². The highest BCUT2D eigenvalue weighted by Crippen LogP contribution is 2.20. The molecule has 0 fully saturated rings. The van der Waals surface area contributed by atoms with Gasteiger partial charge >= 0.3 is 5.97 Å². The van der Waals surface area contributed by atoms with Crippen molar-refractivity contribution in [3.8, 4) is 0 Å². The van der Waals surface area contributed by atoms with Gasteiger partial charge in [0, 0.05) is 17.8 Å². The number of aromatic carboxylic acids is 1. The molecule has 0 radical (unpaired) electrons. The molecule has 13 heavy (non-hydrogen) atoms. The van der Waals surface area contributed by atoms with E-state index in [9.17, 15) is 4.79 Å². The Morgan fingerprint density at radius 2 is 2.31 bits per heavy atom. The predicted molar refractivity (Wildman–Crippen MR) is 46.9 cm³/mol. The molecule has 4 heteroatoms. The highest BCUT2D eigenvalue weighted by atomic mass is 16.4. The van der Waals surface area contributed by atoms with E-state index in [1.54, 1.807) is 0 Å². The molecule has 4 nitrogen and oxygen atoms in total. The van der Waals surface area contributed by atoms with Gasteiger partial charge in [0.2, 0.25) is 0 Å². The highest BCUT2D eigenvalue weighted by Gasteiger charge is 2.20. The summed E-state index contributed by atoms with van der Waals surface area (Å²) in [6.07, 6.45) is 3.21. The van der Waals surface area contributed by atoms with Gasteiger partial charge in [0.25, 0.3) is 0 Å². The van der Waals surface area contributed by atoms with Gasteiger partial charge in [-0.3, -0.25) is 4.68 Å².